The van der Waals surface area contributed by atoms with Gasteiger partial charge in [-0.2, -0.15) is 0 Å². The van der Waals surface area contributed by atoms with E-state index in [1.54, 1.807) is 11.3 Å². The van der Waals surface area contributed by atoms with Crippen LogP contribution in [0.3, 0.4) is 0 Å². The zero-order chi connectivity index (χ0) is 15.2. The van der Waals surface area contributed by atoms with Crippen LogP contribution in [-0.2, 0) is 12.8 Å². The molecule has 4 heteroatoms. The Kier molecular flexibility index (Phi) is 6.40. The summed E-state index contributed by atoms with van der Waals surface area (Å²) < 4.78 is 1.14. The second-order valence-electron chi connectivity index (χ2n) is 5.82. The summed E-state index contributed by atoms with van der Waals surface area (Å²) in [5.41, 5.74) is 2.62. The molecule has 1 aromatic carbocycles. The molecule has 1 aromatic heterocycles. The number of thiazole rings is 1. The molecule has 0 aliphatic heterocycles. The van der Waals surface area contributed by atoms with Crippen molar-refractivity contribution in [2.24, 2.45) is 5.92 Å². The third kappa shape index (κ3) is 5.89. The summed E-state index contributed by atoms with van der Waals surface area (Å²) >= 11 is 5.24. The molecule has 114 valence electrons. The molecular formula is C17H23BrN2S. The number of hydrogen-bond donors (Lipinski definition) is 1. The van der Waals surface area contributed by atoms with Crippen molar-refractivity contribution < 1.29 is 0 Å². The van der Waals surface area contributed by atoms with Gasteiger partial charge in [-0.15, -0.1) is 11.3 Å². The van der Waals surface area contributed by atoms with Gasteiger partial charge in [-0.05, 0) is 49.9 Å². The van der Waals surface area contributed by atoms with Gasteiger partial charge < -0.3 is 5.32 Å². The van der Waals surface area contributed by atoms with Crippen LogP contribution in [0, 0.1) is 12.8 Å². The number of rotatable bonds is 7. The Morgan fingerprint density at radius 3 is 2.48 bits per heavy atom. The fourth-order valence-corrected chi connectivity index (χ4v) is 3.26. The highest BCUT2D eigenvalue weighted by Crippen LogP contribution is 2.18. The monoisotopic (exact) mass is 366 g/mol. The zero-order valence-corrected chi connectivity index (χ0v) is 15.3. The third-order valence-corrected chi connectivity index (χ3v) is 4.77. The van der Waals surface area contributed by atoms with Gasteiger partial charge >= 0.3 is 0 Å². The number of hydrogen-bond acceptors (Lipinski definition) is 3. The molecule has 2 rings (SSSR count). The van der Waals surface area contributed by atoms with Gasteiger partial charge in [-0.25, -0.2) is 4.98 Å². The van der Waals surface area contributed by atoms with Crippen molar-refractivity contribution >= 4 is 27.3 Å². The molecule has 0 amide bonds. The van der Waals surface area contributed by atoms with Crippen molar-refractivity contribution in [2.45, 2.75) is 39.7 Å². The van der Waals surface area contributed by atoms with Gasteiger partial charge in [0.25, 0.3) is 0 Å². The lowest BCUT2D eigenvalue weighted by Gasteiger charge is -2.19. The first-order chi connectivity index (χ1) is 10.0. The van der Waals surface area contributed by atoms with E-state index >= 15 is 0 Å². The number of aromatic nitrogens is 1. The molecule has 1 heterocycles. The molecule has 0 saturated carbocycles. The van der Waals surface area contributed by atoms with Crippen molar-refractivity contribution in [3.05, 3.63) is 50.4 Å². The largest absolute Gasteiger partial charge is 0.314 e. The predicted molar refractivity (Wildman–Crippen MR) is 95.0 cm³/mol. The van der Waals surface area contributed by atoms with Crippen LogP contribution in [0.15, 0.2) is 34.1 Å². The maximum Gasteiger partial charge on any atom is 0.0897 e. The van der Waals surface area contributed by atoms with Crippen LogP contribution >= 0.6 is 27.3 Å². The summed E-state index contributed by atoms with van der Waals surface area (Å²) in [6.45, 7) is 7.50. The van der Waals surface area contributed by atoms with Gasteiger partial charge in [0.15, 0.2) is 0 Å². The quantitative estimate of drug-likeness (QED) is 0.773. The van der Waals surface area contributed by atoms with Gasteiger partial charge in [0.2, 0.25) is 0 Å². The molecule has 0 radical (unpaired) electrons. The Bertz CT molecular complexity index is 548. The van der Waals surface area contributed by atoms with Gasteiger partial charge in [0.05, 0.1) is 10.7 Å². The van der Waals surface area contributed by atoms with Crippen LogP contribution in [0.1, 0.15) is 30.1 Å². The van der Waals surface area contributed by atoms with E-state index in [0.717, 1.165) is 28.9 Å². The average Bonchev–Trinajstić information content (AvgIpc) is 2.84. The highest BCUT2D eigenvalue weighted by Gasteiger charge is 2.13. The minimum atomic E-state index is 0.523. The number of nitrogens with one attached hydrogen (secondary N) is 1. The van der Waals surface area contributed by atoms with E-state index in [-0.39, 0.29) is 0 Å². The van der Waals surface area contributed by atoms with E-state index in [9.17, 15) is 0 Å². The molecule has 0 fully saturated rings. The topological polar surface area (TPSA) is 24.9 Å². The smallest absolute Gasteiger partial charge is 0.0897 e. The molecular weight excluding hydrogens is 344 g/mol. The standard InChI is InChI=1S/C17H23BrN2S/c1-12(2)19-10-15(9-17-11-21-13(3)20-17)8-14-4-6-16(18)7-5-14/h4-7,11-12,15,19H,8-10H2,1-3H3. The normalized spacial score (nSPS) is 12.8. The molecule has 0 saturated heterocycles. The van der Waals surface area contributed by atoms with Crippen molar-refractivity contribution in [3.63, 3.8) is 0 Å². The first-order valence-corrected chi connectivity index (χ1v) is 9.09. The van der Waals surface area contributed by atoms with Gasteiger partial charge in [0, 0.05) is 15.9 Å². The summed E-state index contributed by atoms with van der Waals surface area (Å²) in [6.07, 6.45) is 2.13. The van der Waals surface area contributed by atoms with Gasteiger partial charge in [-0.3, -0.25) is 0 Å². The van der Waals surface area contributed by atoms with E-state index in [1.165, 1.54) is 11.3 Å². The highest BCUT2D eigenvalue weighted by molar-refractivity contribution is 9.10. The Morgan fingerprint density at radius 2 is 1.90 bits per heavy atom. The maximum atomic E-state index is 4.62. The lowest BCUT2D eigenvalue weighted by molar-refractivity contribution is 0.441. The molecule has 1 N–H and O–H groups in total. The Hall–Kier alpha value is -0.710. The number of benzene rings is 1. The minimum Gasteiger partial charge on any atom is -0.314 e. The number of halogens is 1. The molecule has 2 nitrogen and oxygen atoms in total. The predicted octanol–water partition coefficient (Wildman–Crippen LogP) is 4.61. The zero-order valence-electron chi connectivity index (χ0n) is 12.9. The number of aryl methyl sites for hydroxylation is 1. The van der Waals surface area contributed by atoms with Gasteiger partial charge in [0.1, 0.15) is 0 Å². The molecule has 0 spiro atoms. The van der Waals surface area contributed by atoms with Crippen LogP contribution in [0.2, 0.25) is 0 Å². The molecule has 0 aliphatic rings. The summed E-state index contributed by atoms with van der Waals surface area (Å²) in [5.74, 6) is 0.579. The first-order valence-electron chi connectivity index (χ1n) is 7.41. The molecule has 2 aromatic rings. The van der Waals surface area contributed by atoms with Crippen LogP contribution in [0.25, 0.3) is 0 Å². The van der Waals surface area contributed by atoms with Crippen molar-refractivity contribution in [2.75, 3.05) is 6.54 Å². The maximum absolute atomic E-state index is 4.62. The highest BCUT2D eigenvalue weighted by atomic mass is 79.9. The van der Waals surface area contributed by atoms with E-state index in [1.807, 2.05) is 0 Å². The van der Waals surface area contributed by atoms with E-state index < -0.39 is 0 Å². The van der Waals surface area contributed by atoms with E-state index in [0.29, 0.717) is 12.0 Å². The van der Waals surface area contributed by atoms with Crippen molar-refractivity contribution in [1.29, 1.82) is 0 Å². The molecule has 1 unspecified atom stereocenters. The van der Waals surface area contributed by atoms with E-state index in [4.69, 9.17) is 0 Å². The Morgan fingerprint density at radius 1 is 1.19 bits per heavy atom. The fraction of sp³-hybridized carbons (Fsp3) is 0.471. The lowest BCUT2D eigenvalue weighted by atomic mass is 9.94. The summed E-state index contributed by atoms with van der Waals surface area (Å²) in [5, 5.41) is 6.92. The molecule has 0 aliphatic carbocycles. The van der Waals surface area contributed by atoms with Crippen LogP contribution in [0.5, 0.6) is 0 Å². The summed E-state index contributed by atoms with van der Waals surface area (Å²) in [4.78, 5) is 4.62. The Balaban J connectivity index is 2.02. The SMILES string of the molecule is Cc1nc(CC(CNC(C)C)Cc2ccc(Br)cc2)cs1. The van der Waals surface area contributed by atoms with E-state index in [2.05, 4.69) is 76.6 Å². The van der Waals surface area contributed by atoms with Crippen LogP contribution < -0.4 is 5.32 Å². The molecule has 21 heavy (non-hydrogen) atoms. The molecule has 0 bridgehead atoms. The first kappa shape index (κ1) is 16.7. The summed E-state index contributed by atoms with van der Waals surface area (Å²) in [6, 6.07) is 9.18. The lowest BCUT2D eigenvalue weighted by Crippen LogP contribution is -2.31. The van der Waals surface area contributed by atoms with Crippen LogP contribution in [0.4, 0.5) is 0 Å². The second-order valence-corrected chi connectivity index (χ2v) is 7.80. The van der Waals surface area contributed by atoms with Crippen molar-refractivity contribution in [1.82, 2.24) is 10.3 Å². The molecule has 1 atom stereocenters. The fourth-order valence-electron chi connectivity index (χ4n) is 2.37. The minimum absolute atomic E-state index is 0.523. The number of nitrogens with zero attached hydrogens (tertiary/aromatic N) is 1. The van der Waals surface area contributed by atoms with Crippen molar-refractivity contribution in [3.8, 4) is 0 Å². The average molecular weight is 367 g/mol. The third-order valence-electron chi connectivity index (χ3n) is 3.42. The van der Waals surface area contributed by atoms with Gasteiger partial charge in [-0.1, -0.05) is 41.9 Å². The Labute approximate surface area is 140 Å². The second kappa shape index (κ2) is 8.06. The summed E-state index contributed by atoms with van der Waals surface area (Å²) in [7, 11) is 0. The van der Waals surface area contributed by atoms with Crippen LogP contribution in [-0.4, -0.2) is 17.6 Å².